The number of esters is 1. The predicted octanol–water partition coefficient (Wildman–Crippen LogP) is 5.86. The first-order valence-electron chi connectivity index (χ1n) is 10.0. The molecule has 3 rings (SSSR count). The Morgan fingerprint density at radius 3 is 2.18 bits per heavy atom. The summed E-state index contributed by atoms with van der Waals surface area (Å²) >= 11 is 38.0. The second kappa shape index (κ2) is 10.8. The lowest BCUT2D eigenvalue weighted by Crippen LogP contribution is -2.77. The van der Waals surface area contributed by atoms with Gasteiger partial charge in [-0.15, -0.1) is 11.8 Å². The van der Waals surface area contributed by atoms with Crippen LogP contribution in [0.2, 0.25) is 0 Å². The van der Waals surface area contributed by atoms with Gasteiger partial charge in [-0.25, -0.2) is 4.79 Å². The van der Waals surface area contributed by atoms with E-state index in [1.54, 1.807) is 0 Å². The van der Waals surface area contributed by atoms with Gasteiger partial charge in [-0.1, -0.05) is 99.9 Å². The highest BCUT2D eigenvalue weighted by molar-refractivity contribution is 8.01. The van der Waals surface area contributed by atoms with E-state index in [1.807, 2.05) is 44.2 Å². The van der Waals surface area contributed by atoms with E-state index in [2.05, 4.69) is 5.09 Å². The molecule has 1 N–H and O–H groups in total. The predicted molar refractivity (Wildman–Crippen MR) is 142 cm³/mol. The fraction of sp³-hybridized carbons (Fsp3) is 0.600. The number of nitrogens with one attached hydrogen (secondary N) is 1. The normalized spacial score (nSPS) is 26.4. The fourth-order valence-electron chi connectivity index (χ4n) is 4.01. The van der Waals surface area contributed by atoms with Crippen LogP contribution < -0.4 is 5.09 Å². The van der Waals surface area contributed by atoms with Crippen molar-refractivity contribution in [3.05, 3.63) is 35.9 Å². The first-order valence-corrected chi connectivity index (χ1v) is 14.9. The van der Waals surface area contributed by atoms with Gasteiger partial charge in [0.05, 0.1) is 4.75 Å². The molecule has 0 bridgehead atoms. The molecule has 2 aliphatic rings. The molecule has 2 fully saturated rings. The van der Waals surface area contributed by atoms with Crippen LogP contribution in [0.5, 0.6) is 0 Å². The molecule has 1 amide bonds. The average molecular weight is 631 g/mol. The van der Waals surface area contributed by atoms with Crippen LogP contribution in [-0.2, 0) is 25.7 Å². The van der Waals surface area contributed by atoms with Gasteiger partial charge in [0.25, 0.3) is 5.91 Å². The Balaban J connectivity index is 2.00. The molecule has 0 saturated carbocycles. The number of methoxy groups -OCH3 is 1. The van der Waals surface area contributed by atoms with Gasteiger partial charge in [-0.2, -0.15) is 0 Å². The lowest BCUT2D eigenvalue weighted by molar-refractivity contribution is -0.187. The van der Waals surface area contributed by atoms with Crippen LogP contribution in [-0.4, -0.2) is 65.7 Å². The van der Waals surface area contributed by atoms with E-state index in [-0.39, 0.29) is 24.8 Å². The number of rotatable bonds is 8. The second-order valence-corrected chi connectivity index (χ2v) is 17.1. The summed E-state index contributed by atoms with van der Waals surface area (Å²) in [6.45, 7) is 3.69. The van der Waals surface area contributed by atoms with Gasteiger partial charge in [0.1, 0.15) is 12.0 Å². The van der Waals surface area contributed by atoms with Crippen molar-refractivity contribution in [3.8, 4) is 0 Å². The van der Waals surface area contributed by atoms with Gasteiger partial charge >= 0.3 is 5.97 Å². The molecular weight excluding hydrogens is 608 g/mol. The first kappa shape index (κ1) is 29.2. The van der Waals surface area contributed by atoms with Crippen molar-refractivity contribution in [2.24, 2.45) is 0 Å². The van der Waals surface area contributed by atoms with Crippen LogP contribution in [0.4, 0.5) is 0 Å². The lowest BCUT2D eigenvalue weighted by atomic mass is 9.90. The third kappa shape index (κ3) is 6.18. The third-order valence-corrected chi connectivity index (χ3v) is 11.3. The van der Waals surface area contributed by atoms with Crippen molar-refractivity contribution in [1.82, 2.24) is 9.99 Å². The van der Waals surface area contributed by atoms with Crippen molar-refractivity contribution in [2.45, 2.75) is 49.9 Å². The summed E-state index contributed by atoms with van der Waals surface area (Å²) in [5.74, 6) is -1.01. The van der Waals surface area contributed by atoms with Crippen molar-refractivity contribution in [1.29, 1.82) is 0 Å². The topological polar surface area (TPSA) is 67.9 Å². The monoisotopic (exact) mass is 628 g/mol. The number of halogens is 6. The van der Waals surface area contributed by atoms with Gasteiger partial charge in [0.2, 0.25) is 5.66 Å². The zero-order chi connectivity index (χ0) is 25.5. The Labute approximate surface area is 234 Å². The number of hydrogen-bond donors (Lipinski definition) is 1. The Morgan fingerprint density at radius 2 is 1.68 bits per heavy atom. The van der Waals surface area contributed by atoms with Gasteiger partial charge < -0.3 is 9.47 Å². The highest BCUT2D eigenvalue weighted by Gasteiger charge is 2.74. The SMILES string of the molecule is CO[C@@H]1C(=O)N2[C@@H]1SC(C)(C)[C@]2(NP(CC(Cl)(Cl)Cl)CC(Cl)(Cl)Cl)C(=O)OCc1ccccc1. The largest absolute Gasteiger partial charge is 0.458 e. The Hall–Kier alpha value is 0.600. The number of ether oxygens (including phenoxy) is 2. The van der Waals surface area contributed by atoms with Crippen molar-refractivity contribution in [3.63, 3.8) is 0 Å². The van der Waals surface area contributed by atoms with E-state index in [0.717, 1.165) is 5.56 Å². The van der Waals surface area contributed by atoms with Crippen molar-refractivity contribution in [2.75, 3.05) is 19.4 Å². The van der Waals surface area contributed by atoms with Crippen LogP contribution in [0.15, 0.2) is 30.3 Å². The molecule has 14 heteroatoms. The molecule has 0 unspecified atom stereocenters. The van der Waals surface area contributed by atoms with Gasteiger partial charge in [0, 0.05) is 19.4 Å². The molecule has 0 radical (unpaired) electrons. The van der Waals surface area contributed by atoms with Crippen molar-refractivity contribution < 1.29 is 19.1 Å². The zero-order valence-corrected chi connectivity index (χ0v) is 24.6. The first-order chi connectivity index (χ1) is 15.6. The van der Waals surface area contributed by atoms with E-state index in [0.29, 0.717) is 0 Å². The zero-order valence-electron chi connectivity index (χ0n) is 18.4. The van der Waals surface area contributed by atoms with Gasteiger partial charge in [-0.3, -0.25) is 14.8 Å². The number of alkyl halides is 6. The molecule has 2 aliphatic heterocycles. The Morgan fingerprint density at radius 1 is 1.12 bits per heavy atom. The number of carbonyl (C=O) groups is 2. The molecule has 2 heterocycles. The minimum atomic E-state index is -1.69. The summed E-state index contributed by atoms with van der Waals surface area (Å²) in [5, 5.41) is 2.87. The molecule has 1 aromatic rings. The Kier molecular flexibility index (Phi) is 9.23. The minimum Gasteiger partial charge on any atom is -0.458 e. The summed E-state index contributed by atoms with van der Waals surface area (Å²) in [7, 11) is -0.141. The molecule has 0 aliphatic carbocycles. The van der Waals surface area contributed by atoms with Crippen LogP contribution >= 0.6 is 89.4 Å². The van der Waals surface area contributed by atoms with Crippen LogP contribution in [0.3, 0.4) is 0 Å². The molecule has 34 heavy (non-hydrogen) atoms. The second-order valence-electron chi connectivity index (χ2n) is 8.35. The fourth-order valence-corrected chi connectivity index (χ4v) is 10.5. The summed E-state index contributed by atoms with van der Waals surface area (Å²) in [4.78, 5) is 28.4. The average Bonchev–Trinajstić information content (AvgIpc) is 2.89. The number of nitrogens with zero attached hydrogens (tertiary/aromatic N) is 1. The highest BCUT2D eigenvalue weighted by Crippen LogP contribution is 2.60. The number of benzene rings is 1. The number of thioether (sulfide) groups is 1. The molecule has 2 saturated heterocycles. The number of carbonyl (C=O) groups excluding carboxylic acids is 2. The van der Waals surface area contributed by atoms with Crippen molar-refractivity contribution >= 4 is 101 Å². The Bertz CT molecular complexity index is 901. The molecule has 190 valence electrons. The summed E-state index contributed by atoms with van der Waals surface area (Å²) < 4.78 is 6.87. The van der Waals surface area contributed by atoms with Gasteiger partial charge in [0.15, 0.2) is 13.7 Å². The molecule has 1 aromatic carbocycles. The number of fused-ring (bicyclic) bond motifs is 1. The lowest BCUT2D eigenvalue weighted by Gasteiger charge is -2.51. The number of amides is 1. The van der Waals surface area contributed by atoms with Crippen LogP contribution in [0, 0.1) is 0 Å². The van der Waals surface area contributed by atoms with E-state index >= 15 is 0 Å². The number of β-lactam (4-membered cyclic amide) rings is 1. The summed E-state index contributed by atoms with van der Waals surface area (Å²) in [6, 6.07) is 9.20. The van der Waals surface area contributed by atoms with Crippen LogP contribution in [0.1, 0.15) is 19.4 Å². The highest BCUT2D eigenvalue weighted by atomic mass is 35.6. The van der Waals surface area contributed by atoms with E-state index < -0.39 is 43.5 Å². The van der Waals surface area contributed by atoms with E-state index in [1.165, 1.54) is 23.8 Å². The molecule has 6 nitrogen and oxygen atoms in total. The summed E-state index contributed by atoms with van der Waals surface area (Å²) in [6.07, 6.45) is -0.756. The smallest absolute Gasteiger partial charge is 0.349 e. The minimum absolute atomic E-state index is 0.0110. The maximum atomic E-state index is 13.8. The third-order valence-electron chi connectivity index (χ3n) is 5.46. The maximum absolute atomic E-state index is 13.8. The van der Waals surface area contributed by atoms with E-state index in [9.17, 15) is 9.59 Å². The standard InChI is InChI=1S/C20H23Cl6N2O4PS/c1-17(2)20(28-14(29)13(31-3)15(28)34-17,16(30)32-9-12-7-5-4-6-8-12)27-33(10-18(21,22)23)11-19(24,25)26/h4-8,13,15,27H,9-11H2,1-3H3/t13-,15-,20+/m1/s1. The molecule has 0 aromatic heterocycles. The van der Waals surface area contributed by atoms with E-state index in [4.69, 9.17) is 79.1 Å². The summed E-state index contributed by atoms with van der Waals surface area (Å²) in [5.41, 5.74) is -0.818. The molecular formula is C20H23Cl6N2O4PS. The number of hydrogen-bond acceptors (Lipinski definition) is 6. The van der Waals surface area contributed by atoms with Crippen LogP contribution in [0.25, 0.3) is 0 Å². The van der Waals surface area contributed by atoms with Gasteiger partial charge in [-0.05, 0) is 27.5 Å². The molecule has 0 spiro atoms. The molecule has 3 atom stereocenters. The quantitative estimate of drug-likeness (QED) is 0.168. The maximum Gasteiger partial charge on any atom is 0.349 e.